The Hall–Kier alpha value is -3.41. The van der Waals surface area contributed by atoms with E-state index in [-0.39, 0.29) is 17.2 Å². The average molecular weight is 352 g/mol. The number of hydrogen-bond acceptors (Lipinski definition) is 4. The van der Waals surface area contributed by atoms with Gasteiger partial charge < -0.3 is 15.6 Å². The Bertz CT molecular complexity index is 985. The SMILES string of the molecule is COc1ncc(F)cc1-c1c(C(N)=O)cc(C)cc1-c1ccc(O)cc1. The summed E-state index contributed by atoms with van der Waals surface area (Å²) in [6, 6.07) is 11.2. The molecule has 0 aliphatic heterocycles. The third-order valence-corrected chi connectivity index (χ3v) is 4.01. The average Bonchev–Trinajstić information content (AvgIpc) is 2.61. The van der Waals surface area contributed by atoms with Crippen molar-refractivity contribution in [3.05, 3.63) is 65.6 Å². The number of primary amides is 1. The summed E-state index contributed by atoms with van der Waals surface area (Å²) >= 11 is 0. The van der Waals surface area contributed by atoms with Gasteiger partial charge in [-0.3, -0.25) is 4.79 Å². The van der Waals surface area contributed by atoms with Gasteiger partial charge in [-0.15, -0.1) is 0 Å². The number of phenols is 1. The lowest BCUT2D eigenvalue weighted by Gasteiger charge is -2.17. The largest absolute Gasteiger partial charge is 0.508 e. The predicted octanol–water partition coefficient (Wildman–Crippen LogP) is 3.68. The molecule has 3 N–H and O–H groups in total. The molecule has 26 heavy (non-hydrogen) atoms. The van der Waals surface area contributed by atoms with E-state index in [2.05, 4.69) is 4.98 Å². The molecule has 0 atom stereocenters. The lowest BCUT2D eigenvalue weighted by molar-refractivity contribution is 0.100. The van der Waals surface area contributed by atoms with Gasteiger partial charge in [0, 0.05) is 16.7 Å². The van der Waals surface area contributed by atoms with Gasteiger partial charge in [0.15, 0.2) is 0 Å². The Labute approximate surface area is 149 Å². The first kappa shape index (κ1) is 17.4. The van der Waals surface area contributed by atoms with Crippen LogP contribution in [0.2, 0.25) is 0 Å². The number of aromatic nitrogens is 1. The number of ether oxygens (including phenoxy) is 1. The highest BCUT2D eigenvalue weighted by Crippen LogP contribution is 2.40. The Kier molecular flexibility index (Phi) is 4.58. The lowest BCUT2D eigenvalue weighted by atomic mass is 9.89. The molecule has 0 fully saturated rings. The fraction of sp³-hybridized carbons (Fsp3) is 0.100. The number of carbonyl (C=O) groups is 1. The van der Waals surface area contributed by atoms with Crippen molar-refractivity contribution in [1.82, 2.24) is 4.98 Å². The summed E-state index contributed by atoms with van der Waals surface area (Å²) in [5, 5.41) is 9.55. The van der Waals surface area contributed by atoms with Gasteiger partial charge in [0.2, 0.25) is 11.8 Å². The van der Waals surface area contributed by atoms with Gasteiger partial charge in [0.25, 0.3) is 0 Å². The molecule has 1 amide bonds. The van der Waals surface area contributed by atoms with Crippen molar-refractivity contribution in [2.75, 3.05) is 7.11 Å². The highest BCUT2D eigenvalue weighted by atomic mass is 19.1. The lowest BCUT2D eigenvalue weighted by Crippen LogP contribution is -2.14. The summed E-state index contributed by atoms with van der Waals surface area (Å²) in [6.45, 7) is 1.83. The number of pyridine rings is 1. The van der Waals surface area contributed by atoms with E-state index in [1.54, 1.807) is 18.2 Å². The summed E-state index contributed by atoms with van der Waals surface area (Å²) < 4.78 is 19.2. The fourth-order valence-corrected chi connectivity index (χ4v) is 2.91. The third kappa shape index (κ3) is 3.21. The minimum Gasteiger partial charge on any atom is -0.508 e. The molecule has 0 aliphatic carbocycles. The minimum absolute atomic E-state index is 0.114. The van der Waals surface area contributed by atoms with Gasteiger partial charge in [-0.25, -0.2) is 9.37 Å². The van der Waals surface area contributed by atoms with Gasteiger partial charge in [0.1, 0.15) is 11.6 Å². The first-order valence-electron chi connectivity index (χ1n) is 7.84. The van der Waals surface area contributed by atoms with E-state index >= 15 is 0 Å². The third-order valence-electron chi connectivity index (χ3n) is 4.01. The number of aryl methyl sites for hydroxylation is 1. The number of benzene rings is 2. The molecule has 2 aromatic carbocycles. The first-order chi connectivity index (χ1) is 12.4. The van der Waals surface area contributed by atoms with Crippen molar-refractivity contribution in [3.8, 4) is 33.9 Å². The minimum atomic E-state index is -0.643. The van der Waals surface area contributed by atoms with Crippen LogP contribution >= 0.6 is 0 Å². The molecule has 0 spiro atoms. The van der Waals surface area contributed by atoms with Gasteiger partial charge in [-0.2, -0.15) is 0 Å². The van der Waals surface area contributed by atoms with E-state index in [4.69, 9.17) is 10.5 Å². The highest BCUT2D eigenvalue weighted by Gasteiger charge is 2.21. The molecule has 3 aromatic rings. The molecule has 0 radical (unpaired) electrons. The zero-order valence-electron chi connectivity index (χ0n) is 14.3. The summed E-state index contributed by atoms with van der Waals surface area (Å²) in [5.74, 6) is -0.913. The number of carbonyl (C=O) groups excluding carboxylic acids is 1. The summed E-state index contributed by atoms with van der Waals surface area (Å²) in [6.07, 6.45) is 1.04. The molecule has 0 saturated carbocycles. The summed E-state index contributed by atoms with van der Waals surface area (Å²) in [5.41, 5.74) is 8.78. The second-order valence-corrected chi connectivity index (χ2v) is 5.86. The van der Waals surface area contributed by atoms with Crippen LogP contribution < -0.4 is 10.5 Å². The van der Waals surface area contributed by atoms with E-state index < -0.39 is 11.7 Å². The van der Waals surface area contributed by atoms with Crippen LogP contribution in [0, 0.1) is 12.7 Å². The molecule has 6 heteroatoms. The Morgan fingerprint density at radius 2 is 1.85 bits per heavy atom. The molecule has 1 heterocycles. The number of aromatic hydroxyl groups is 1. The van der Waals surface area contributed by atoms with E-state index in [0.29, 0.717) is 16.7 Å². The number of amides is 1. The Morgan fingerprint density at radius 3 is 2.46 bits per heavy atom. The number of nitrogens with zero attached hydrogens (tertiary/aromatic N) is 1. The maximum Gasteiger partial charge on any atom is 0.249 e. The van der Waals surface area contributed by atoms with Gasteiger partial charge >= 0.3 is 0 Å². The summed E-state index contributed by atoms with van der Waals surface area (Å²) in [4.78, 5) is 16.1. The zero-order chi connectivity index (χ0) is 18.8. The standard InChI is InChI=1S/C20H17FN2O3/c1-11-7-15(12-3-5-14(24)6-4-12)18(16(8-11)19(22)25)17-9-13(21)10-23-20(17)26-2/h3-10,24H,1-2H3,(H2,22,25). The summed E-state index contributed by atoms with van der Waals surface area (Å²) in [7, 11) is 1.42. The molecule has 0 unspecified atom stereocenters. The molecule has 1 aromatic heterocycles. The van der Waals surface area contributed by atoms with Crippen LogP contribution in [-0.4, -0.2) is 23.1 Å². The van der Waals surface area contributed by atoms with Crippen molar-refractivity contribution in [1.29, 1.82) is 0 Å². The monoisotopic (exact) mass is 352 g/mol. The van der Waals surface area contributed by atoms with Gasteiger partial charge in [-0.1, -0.05) is 18.2 Å². The van der Waals surface area contributed by atoms with Crippen molar-refractivity contribution >= 4 is 5.91 Å². The molecular formula is C20H17FN2O3. The quantitative estimate of drug-likeness (QED) is 0.750. The van der Waals surface area contributed by atoms with E-state index in [1.165, 1.54) is 25.3 Å². The highest BCUT2D eigenvalue weighted by molar-refractivity contribution is 6.05. The molecule has 3 rings (SSSR count). The van der Waals surface area contributed by atoms with Crippen molar-refractivity contribution < 1.29 is 19.0 Å². The molecule has 5 nitrogen and oxygen atoms in total. The zero-order valence-corrected chi connectivity index (χ0v) is 14.3. The normalized spacial score (nSPS) is 10.6. The van der Waals surface area contributed by atoms with E-state index in [0.717, 1.165) is 17.3 Å². The fourth-order valence-electron chi connectivity index (χ4n) is 2.91. The van der Waals surface area contributed by atoms with Crippen LogP contribution in [-0.2, 0) is 0 Å². The van der Waals surface area contributed by atoms with Crippen molar-refractivity contribution in [2.24, 2.45) is 5.73 Å². The second-order valence-electron chi connectivity index (χ2n) is 5.86. The molecule has 0 saturated heterocycles. The second kappa shape index (κ2) is 6.84. The predicted molar refractivity (Wildman–Crippen MR) is 96.5 cm³/mol. The van der Waals surface area contributed by atoms with Crippen molar-refractivity contribution in [2.45, 2.75) is 6.92 Å². The molecule has 0 aliphatic rings. The molecular weight excluding hydrogens is 335 g/mol. The number of halogens is 1. The van der Waals surface area contributed by atoms with Gasteiger partial charge in [0.05, 0.1) is 13.3 Å². The van der Waals surface area contributed by atoms with Crippen molar-refractivity contribution in [3.63, 3.8) is 0 Å². The first-order valence-corrected chi connectivity index (χ1v) is 7.84. The Morgan fingerprint density at radius 1 is 1.15 bits per heavy atom. The number of rotatable bonds is 4. The number of nitrogens with two attached hydrogens (primary N) is 1. The van der Waals surface area contributed by atoms with Crippen LogP contribution in [0.25, 0.3) is 22.3 Å². The van der Waals surface area contributed by atoms with E-state index in [9.17, 15) is 14.3 Å². The molecule has 132 valence electrons. The smallest absolute Gasteiger partial charge is 0.249 e. The van der Waals surface area contributed by atoms with Crippen LogP contribution in [0.4, 0.5) is 4.39 Å². The van der Waals surface area contributed by atoms with Gasteiger partial charge in [-0.05, 0) is 47.9 Å². The Balaban J connectivity index is 2.41. The maximum atomic E-state index is 13.9. The van der Waals surface area contributed by atoms with E-state index in [1.807, 2.05) is 13.0 Å². The topological polar surface area (TPSA) is 85.4 Å². The number of methoxy groups -OCH3 is 1. The van der Waals surface area contributed by atoms with Crippen LogP contribution in [0.5, 0.6) is 11.6 Å². The van der Waals surface area contributed by atoms with Crippen LogP contribution in [0.1, 0.15) is 15.9 Å². The number of hydrogen-bond donors (Lipinski definition) is 2. The maximum absolute atomic E-state index is 13.9. The van der Waals surface area contributed by atoms with Crippen LogP contribution in [0.15, 0.2) is 48.7 Å². The number of phenolic OH excluding ortho intramolecular Hbond substituents is 1. The van der Waals surface area contributed by atoms with Crippen LogP contribution in [0.3, 0.4) is 0 Å². The molecule has 0 bridgehead atoms.